The second-order valence-corrected chi connectivity index (χ2v) is 6.57. The average Bonchev–Trinajstić information content (AvgIpc) is 2.46. The Balaban J connectivity index is 2.01. The summed E-state index contributed by atoms with van der Waals surface area (Å²) in [6.45, 7) is 5.66. The number of carbonyl (C=O) groups excluding carboxylic acids is 1. The SMILES string of the molecule is CC(C)(C)C(=O)OC1C=C(/C=C\c2ccccc2)CCC1. The van der Waals surface area contributed by atoms with Gasteiger partial charge in [-0.05, 0) is 57.2 Å². The molecule has 0 amide bonds. The summed E-state index contributed by atoms with van der Waals surface area (Å²) in [5.41, 5.74) is 2.00. The zero-order valence-corrected chi connectivity index (χ0v) is 13.1. The van der Waals surface area contributed by atoms with Crippen molar-refractivity contribution in [3.63, 3.8) is 0 Å². The Labute approximate surface area is 127 Å². The van der Waals surface area contributed by atoms with E-state index in [2.05, 4.69) is 30.4 Å². The van der Waals surface area contributed by atoms with Crippen LogP contribution in [-0.4, -0.2) is 12.1 Å². The van der Waals surface area contributed by atoms with E-state index < -0.39 is 5.41 Å². The maximum absolute atomic E-state index is 11.9. The van der Waals surface area contributed by atoms with Gasteiger partial charge in [-0.1, -0.05) is 42.5 Å². The first-order valence-corrected chi connectivity index (χ1v) is 7.60. The van der Waals surface area contributed by atoms with Crippen LogP contribution in [0, 0.1) is 5.41 Å². The lowest BCUT2D eigenvalue weighted by atomic mass is 9.95. The molecule has 21 heavy (non-hydrogen) atoms. The third-order valence-electron chi connectivity index (χ3n) is 3.51. The molecule has 0 heterocycles. The molecule has 1 aliphatic rings. The van der Waals surface area contributed by atoms with Crippen LogP contribution in [0.25, 0.3) is 6.08 Å². The van der Waals surface area contributed by atoms with Gasteiger partial charge >= 0.3 is 5.97 Å². The molecule has 0 spiro atoms. The molecule has 0 saturated heterocycles. The number of esters is 1. The quantitative estimate of drug-likeness (QED) is 0.747. The van der Waals surface area contributed by atoms with Gasteiger partial charge < -0.3 is 4.74 Å². The molecule has 2 heteroatoms. The molecule has 2 rings (SSSR count). The average molecular weight is 284 g/mol. The van der Waals surface area contributed by atoms with Gasteiger partial charge in [0.2, 0.25) is 0 Å². The fraction of sp³-hybridized carbons (Fsp3) is 0.421. The Morgan fingerprint density at radius 3 is 2.57 bits per heavy atom. The highest BCUT2D eigenvalue weighted by Crippen LogP contribution is 2.25. The van der Waals surface area contributed by atoms with Crippen LogP contribution in [0.1, 0.15) is 45.6 Å². The smallest absolute Gasteiger partial charge is 0.311 e. The Morgan fingerprint density at radius 2 is 1.90 bits per heavy atom. The molecule has 0 saturated carbocycles. The number of hydrogen-bond acceptors (Lipinski definition) is 2. The van der Waals surface area contributed by atoms with Gasteiger partial charge in [-0.2, -0.15) is 0 Å². The molecule has 0 radical (unpaired) electrons. The van der Waals surface area contributed by atoms with E-state index in [1.165, 1.54) is 11.1 Å². The summed E-state index contributed by atoms with van der Waals surface area (Å²) in [6.07, 6.45) is 9.28. The third-order valence-corrected chi connectivity index (χ3v) is 3.51. The molecule has 0 N–H and O–H groups in total. The maximum Gasteiger partial charge on any atom is 0.311 e. The Hall–Kier alpha value is -1.83. The van der Waals surface area contributed by atoms with E-state index in [-0.39, 0.29) is 12.1 Å². The van der Waals surface area contributed by atoms with E-state index in [0.29, 0.717) is 0 Å². The van der Waals surface area contributed by atoms with Crippen molar-refractivity contribution in [2.75, 3.05) is 0 Å². The van der Waals surface area contributed by atoms with Crippen molar-refractivity contribution in [1.29, 1.82) is 0 Å². The van der Waals surface area contributed by atoms with Gasteiger partial charge in [0.25, 0.3) is 0 Å². The van der Waals surface area contributed by atoms with Crippen molar-refractivity contribution in [3.8, 4) is 0 Å². The lowest BCUT2D eigenvalue weighted by Crippen LogP contribution is -2.28. The molecule has 1 unspecified atom stereocenters. The molecular weight excluding hydrogens is 260 g/mol. The summed E-state index contributed by atoms with van der Waals surface area (Å²) in [6, 6.07) is 10.2. The highest BCUT2D eigenvalue weighted by atomic mass is 16.5. The zero-order chi connectivity index (χ0) is 15.3. The van der Waals surface area contributed by atoms with Crippen LogP contribution in [0.4, 0.5) is 0 Å². The standard InChI is InChI=1S/C19H24O2/c1-19(2,3)18(20)21-17-11-7-10-16(14-17)13-12-15-8-5-4-6-9-15/h4-6,8-9,12-14,17H,7,10-11H2,1-3H3/b13-12-. The van der Waals surface area contributed by atoms with E-state index >= 15 is 0 Å². The highest BCUT2D eigenvalue weighted by Gasteiger charge is 2.26. The molecule has 0 bridgehead atoms. The Kier molecular flexibility index (Phi) is 5.00. The minimum Gasteiger partial charge on any atom is -0.458 e. The normalized spacial score (nSPS) is 19.4. The monoisotopic (exact) mass is 284 g/mol. The van der Waals surface area contributed by atoms with Crippen LogP contribution >= 0.6 is 0 Å². The topological polar surface area (TPSA) is 26.3 Å². The minimum absolute atomic E-state index is 0.0825. The molecule has 0 aliphatic heterocycles. The number of rotatable bonds is 3. The van der Waals surface area contributed by atoms with Crippen molar-refractivity contribution < 1.29 is 9.53 Å². The van der Waals surface area contributed by atoms with Crippen LogP contribution in [0.2, 0.25) is 0 Å². The van der Waals surface area contributed by atoms with Crippen LogP contribution < -0.4 is 0 Å². The summed E-state index contributed by atoms with van der Waals surface area (Å²) in [5.74, 6) is -0.128. The number of benzene rings is 1. The van der Waals surface area contributed by atoms with Crippen molar-refractivity contribution in [2.45, 2.75) is 46.1 Å². The van der Waals surface area contributed by atoms with E-state index in [0.717, 1.165) is 19.3 Å². The number of carbonyl (C=O) groups is 1. The van der Waals surface area contributed by atoms with Gasteiger partial charge in [-0.3, -0.25) is 4.79 Å². The summed E-state index contributed by atoms with van der Waals surface area (Å²) in [5, 5.41) is 0. The van der Waals surface area contributed by atoms with Gasteiger partial charge in [-0.25, -0.2) is 0 Å². The highest BCUT2D eigenvalue weighted by molar-refractivity contribution is 5.75. The first-order valence-electron chi connectivity index (χ1n) is 7.60. The fourth-order valence-corrected chi connectivity index (χ4v) is 2.23. The Bertz CT molecular complexity index is 532. The van der Waals surface area contributed by atoms with Crippen molar-refractivity contribution in [2.24, 2.45) is 5.41 Å². The molecule has 1 aromatic carbocycles. The van der Waals surface area contributed by atoms with E-state index in [4.69, 9.17) is 4.74 Å². The molecule has 112 valence electrons. The van der Waals surface area contributed by atoms with Gasteiger partial charge in [0.15, 0.2) is 0 Å². The van der Waals surface area contributed by atoms with Crippen LogP contribution in [0.5, 0.6) is 0 Å². The molecule has 1 atom stereocenters. The summed E-state index contributed by atoms with van der Waals surface area (Å²) < 4.78 is 5.59. The second-order valence-electron chi connectivity index (χ2n) is 6.57. The lowest BCUT2D eigenvalue weighted by molar-refractivity contribution is -0.156. The maximum atomic E-state index is 11.9. The predicted molar refractivity (Wildman–Crippen MR) is 86.7 cm³/mol. The van der Waals surface area contributed by atoms with Gasteiger partial charge in [0.1, 0.15) is 6.10 Å². The largest absolute Gasteiger partial charge is 0.458 e. The third kappa shape index (κ3) is 4.89. The summed E-state index contributed by atoms with van der Waals surface area (Å²) in [4.78, 5) is 11.9. The van der Waals surface area contributed by atoms with Crippen molar-refractivity contribution in [3.05, 3.63) is 53.6 Å². The minimum atomic E-state index is -0.439. The molecule has 1 aromatic rings. The van der Waals surface area contributed by atoms with E-state index in [9.17, 15) is 4.79 Å². The molecule has 1 aliphatic carbocycles. The molecular formula is C19H24O2. The Morgan fingerprint density at radius 1 is 1.19 bits per heavy atom. The molecule has 2 nitrogen and oxygen atoms in total. The number of hydrogen-bond donors (Lipinski definition) is 0. The zero-order valence-electron chi connectivity index (χ0n) is 13.1. The first kappa shape index (κ1) is 15.6. The van der Waals surface area contributed by atoms with E-state index in [1.807, 2.05) is 39.0 Å². The van der Waals surface area contributed by atoms with Gasteiger partial charge in [-0.15, -0.1) is 0 Å². The van der Waals surface area contributed by atoms with Crippen LogP contribution in [0.3, 0.4) is 0 Å². The number of allylic oxidation sites excluding steroid dienone is 2. The second kappa shape index (κ2) is 6.75. The molecule has 0 fully saturated rings. The van der Waals surface area contributed by atoms with E-state index in [1.54, 1.807) is 0 Å². The fourth-order valence-electron chi connectivity index (χ4n) is 2.23. The summed E-state index contributed by atoms with van der Waals surface area (Å²) in [7, 11) is 0. The lowest BCUT2D eigenvalue weighted by Gasteiger charge is -2.24. The van der Waals surface area contributed by atoms with Crippen molar-refractivity contribution in [1.82, 2.24) is 0 Å². The summed E-state index contributed by atoms with van der Waals surface area (Å²) >= 11 is 0. The number of ether oxygens (including phenoxy) is 1. The van der Waals surface area contributed by atoms with Crippen LogP contribution in [-0.2, 0) is 9.53 Å². The van der Waals surface area contributed by atoms with Crippen LogP contribution in [0.15, 0.2) is 48.1 Å². The first-order chi connectivity index (χ1) is 9.95. The molecule has 0 aromatic heterocycles. The van der Waals surface area contributed by atoms with Gasteiger partial charge in [0, 0.05) is 0 Å². The van der Waals surface area contributed by atoms with Crippen molar-refractivity contribution >= 4 is 12.0 Å². The predicted octanol–water partition coefficient (Wildman–Crippen LogP) is 4.77. The van der Waals surface area contributed by atoms with Gasteiger partial charge in [0.05, 0.1) is 5.41 Å².